The zero-order chi connectivity index (χ0) is 14.8. The Labute approximate surface area is 128 Å². The number of Topliss-reactive ketones (excluding diaryl/α,β-unsaturated/α-hetero) is 1. The molecule has 0 unspecified atom stereocenters. The highest BCUT2D eigenvalue weighted by Gasteiger charge is 2.59. The predicted molar refractivity (Wildman–Crippen MR) is 82.7 cm³/mol. The van der Waals surface area contributed by atoms with Crippen LogP contribution in [-0.4, -0.2) is 17.0 Å². The van der Waals surface area contributed by atoms with Gasteiger partial charge in [0.15, 0.2) is 0 Å². The van der Waals surface area contributed by atoms with Crippen molar-refractivity contribution in [3.8, 4) is 0 Å². The monoisotopic (exact) mass is 290 g/mol. The molecule has 0 saturated heterocycles. The van der Waals surface area contributed by atoms with Gasteiger partial charge in [-0.25, -0.2) is 0 Å². The van der Waals surface area contributed by atoms with E-state index in [-0.39, 0.29) is 11.5 Å². The van der Waals surface area contributed by atoms with E-state index in [1.807, 2.05) is 0 Å². The molecule has 4 rings (SSSR count). The summed E-state index contributed by atoms with van der Waals surface area (Å²) in [6.07, 6.45) is 10.0. The fourth-order valence-corrected chi connectivity index (χ4v) is 7.02. The lowest BCUT2D eigenvalue weighted by atomic mass is 9.45. The van der Waals surface area contributed by atoms with Gasteiger partial charge in [0.05, 0.1) is 6.10 Å². The third-order valence-electron chi connectivity index (χ3n) is 8.43. The van der Waals surface area contributed by atoms with Gasteiger partial charge < -0.3 is 5.11 Å². The number of aliphatic hydroxyl groups excluding tert-OH is 1. The molecule has 0 heterocycles. The molecule has 4 fully saturated rings. The van der Waals surface area contributed by atoms with Gasteiger partial charge in [-0.3, -0.25) is 4.79 Å². The van der Waals surface area contributed by atoms with Crippen molar-refractivity contribution in [3.05, 3.63) is 0 Å². The van der Waals surface area contributed by atoms with E-state index in [2.05, 4.69) is 13.8 Å². The van der Waals surface area contributed by atoms with Gasteiger partial charge in [-0.1, -0.05) is 13.8 Å². The van der Waals surface area contributed by atoms with Crippen LogP contribution >= 0.6 is 0 Å². The van der Waals surface area contributed by atoms with E-state index in [0.29, 0.717) is 17.1 Å². The first-order chi connectivity index (χ1) is 9.95. The number of carbonyl (C=O) groups is 1. The molecule has 0 radical (unpaired) electrons. The van der Waals surface area contributed by atoms with Gasteiger partial charge in [0.25, 0.3) is 0 Å². The number of hydrogen-bond acceptors (Lipinski definition) is 2. The lowest BCUT2D eigenvalue weighted by molar-refractivity contribution is -0.141. The molecule has 0 aromatic heterocycles. The molecule has 0 aliphatic heterocycles. The van der Waals surface area contributed by atoms with Crippen molar-refractivity contribution in [1.29, 1.82) is 0 Å². The van der Waals surface area contributed by atoms with Gasteiger partial charge in [0.1, 0.15) is 5.78 Å². The second-order valence-corrected chi connectivity index (χ2v) is 9.04. The maximum Gasteiger partial charge on any atom is 0.133 e. The standard InChI is InChI=1S/C19H30O2/c1-18-9-7-13(20)11-12(18)3-4-14-15-5-6-17(21)19(15,2)10-8-16(14)18/h12,14-17,21H,3-11H2,1-2H3/t12-,14+,15-,16+,17+,18-,19-/m0/s1. The topological polar surface area (TPSA) is 37.3 Å². The highest BCUT2D eigenvalue weighted by atomic mass is 16.3. The van der Waals surface area contributed by atoms with Crippen LogP contribution in [0.5, 0.6) is 0 Å². The number of aliphatic hydroxyl groups is 1. The smallest absolute Gasteiger partial charge is 0.133 e. The minimum absolute atomic E-state index is 0.0677. The van der Waals surface area contributed by atoms with Gasteiger partial charge in [0.2, 0.25) is 0 Å². The number of fused-ring (bicyclic) bond motifs is 5. The summed E-state index contributed by atoms with van der Waals surface area (Å²) in [5, 5.41) is 10.5. The molecule has 2 nitrogen and oxygen atoms in total. The van der Waals surface area contributed by atoms with Crippen LogP contribution in [0.25, 0.3) is 0 Å². The fourth-order valence-electron chi connectivity index (χ4n) is 7.02. The van der Waals surface area contributed by atoms with E-state index < -0.39 is 0 Å². The maximum atomic E-state index is 11.9. The maximum absolute atomic E-state index is 11.9. The van der Waals surface area contributed by atoms with Crippen molar-refractivity contribution < 1.29 is 9.90 Å². The number of carbonyl (C=O) groups excluding carboxylic acids is 1. The zero-order valence-electron chi connectivity index (χ0n) is 13.6. The van der Waals surface area contributed by atoms with Gasteiger partial charge >= 0.3 is 0 Å². The van der Waals surface area contributed by atoms with Crippen molar-refractivity contribution in [2.75, 3.05) is 0 Å². The van der Waals surface area contributed by atoms with Gasteiger partial charge in [-0.05, 0) is 79.4 Å². The van der Waals surface area contributed by atoms with Crippen LogP contribution in [-0.2, 0) is 4.79 Å². The molecule has 2 heteroatoms. The highest BCUT2D eigenvalue weighted by molar-refractivity contribution is 5.79. The largest absolute Gasteiger partial charge is 0.393 e. The SMILES string of the molecule is C[C@]12CCC(=O)C[C@@H]1CC[C@H]1[C@H]2CC[C@]2(C)[C@H](O)CC[C@@H]12. The second-order valence-electron chi connectivity index (χ2n) is 9.04. The first-order valence-corrected chi connectivity index (χ1v) is 9.15. The Hall–Kier alpha value is -0.370. The Morgan fingerprint density at radius 2 is 1.71 bits per heavy atom. The first-order valence-electron chi connectivity index (χ1n) is 9.15. The quantitative estimate of drug-likeness (QED) is 0.733. The molecule has 0 aromatic carbocycles. The molecule has 4 saturated carbocycles. The summed E-state index contributed by atoms with van der Waals surface area (Å²) in [5.41, 5.74) is 0.598. The Bertz CT molecular complexity index is 458. The van der Waals surface area contributed by atoms with E-state index in [1.165, 1.54) is 32.1 Å². The van der Waals surface area contributed by atoms with Crippen molar-refractivity contribution in [3.63, 3.8) is 0 Å². The number of rotatable bonds is 0. The summed E-state index contributed by atoms with van der Waals surface area (Å²) in [5.74, 6) is 3.52. The third kappa shape index (κ3) is 1.84. The predicted octanol–water partition coefficient (Wildman–Crippen LogP) is 3.96. The first kappa shape index (κ1) is 14.2. The lowest BCUT2D eigenvalue weighted by Gasteiger charge is -2.60. The van der Waals surface area contributed by atoms with E-state index in [9.17, 15) is 9.90 Å². The summed E-state index contributed by atoms with van der Waals surface area (Å²) in [4.78, 5) is 11.9. The van der Waals surface area contributed by atoms with Crippen LogP contribution in [0.3, 0.4) is 0 Å². The highest BCUT2D eigenvalue weighted by Crippen LogP contribution is 2.65. The van der Waals surface area contributed by atoms with E-state index in [4.69, 9.17) is 0 Å². The zero-order valence-corrected chi connectivity index (χ0v) is 13.6. The molecule has 118 valence electrons. The molecule has 0 spiro atoms. The fraction of sp³-hybridized carbons (Fsp3) is 0.947. The number of hydrogen-bond donors (Lipinski definition) is 1. The van der Waals surface area contributed by atoms with Gasteiger partial charge in [0, 0.05) is 12.8 Å². The molecule has 0 bridgehead atoms. The molecule has 4 aliphatic rings. The van der Waals surface area contributed by atoms with Crippen molar-refractivity contribution in [2.45, 2.75) is 77.7 Å². The molecular weight excluding hydrogens is 260 g/mol. The normalized spacial score (nSPS) is 56.5. The van der Waals surface area contributed by atoms with Crippen LogP contribution in [0, 0.1) is 34.5 Å². The van der Waals surface area contributed by atoms with Crippen molar-refractivity contribution in [1.82, 2.24) is 0 Å². The Balaban J connectivity index is 1.64. The Kier molecular flexibility index (Phi) is 3.10. The van der Waals surface area contributed by atoms with Gasteiger partial charge in [-0.2, -0.15) is 0 Å². The van der Waals surface area contributed by atoms with Crippen molar-refractivity contribution in [2.24, 2.45) is 34.5 Å². The number of ketones is 1. The molecule has 0 aromatic rings. The average Bonchev–Trinajstić information content (AvgIpc) is 2.76. The summed E-state index contributed by atoms with van der Waals surface area (Å²) >= 11 is 0. The van der Waals surface area contributed by atoms with Crippen LogP contribution in [0.1, 0.15) is 71.6 Å². The summed E-state index contributed by atoms with van der Waals surface area (Å²) in [6.45, 7) is 4.85. The van der Waals surface area contributed by atoms with Gasteiger partial charge in [-0.15, -0.1) is 0 Å². The summed E-state index contributed by atoms with van der Waals surface area (Å²) in [6, 6.07) is 0. The van der Waals surface area contributed by atoms with Crippen LogP contribution < -0.4 is 0 Å². The second kappa shape index (κ2) is 4.57. The average molecular weight is 290 g/mol. The molecule has 0 amide bonds. The molecule has 4 aliphatic carbocycles. The van der Waals surface area contributed by atoms with Crippen molar-refractivity contribution >= 4 is 5.78 Å². The van der Waals surface area contributed by atoms with E-state index >= 15 is 0 Å². The van der Waals surface area contributed by atoms with E-state index in [1.54, 1.807) is 0 Å². The minimum Gasteiger partial charge on any atom is -0.393 e. The summed E-state index contributed by atoms with van der Waals surface area (Å²) in [7, 11) is 0. The molecule has 21 heavy (non-hydrogen) atoms. The molecule has 1 N–H and O–H groups in total. The molecule has 7 atom stereocenters. The lowest BCUT2D eigenvalue weighted by Crippen LogP contribution is -2.54. The molecular formula is C19H30O2. The van der Waals surface area contributed by atoms with E-state index in [0.717, 1.165) is 43.4 Å². The Morgan fingerprint density at radius 1 is 0.952 bits per heavy atom. The summed E-state index contributed by atoms with van der Waals surface area (Å²) < 4.78 is 0. The minimum atomic E-state index is -0.0677. The third-order valence-corrected chi connectivity index (χ3v) is 8.43. The Morgan fingerprint density at radius 3 is 2.52 bits per heavy atom. The van der Waals surface area contributed by atoms with Crippen LogP contribution in [0.4, 0.5) is 0 Å². The van der Waals surface area contributed by atoms with Crippen LogP contribution in [0.15, 0.2) is 0 Å². The van der Waals surface area contributed by atoms with Crippen LogP contribution in [0.2, 0.25) is 0 Å².